The number of para-hydroxylation sites is 1. The van der Waals surface area contributed by atoms with E-state index < -0.39 is 0 Å². The van der Waals surface area contributed by atoms with Gasteiger partial charge in [-0.3, -0.25) is 4.57 Å². The number of aromatic nitrogens is 4. The molecule has 0 aliphatic carbocycles. The summed E-state index contributed by atoms with van der Waals surface area (Å²) in [5.74, 6) is 1.87. The lowest BCUT2D eigenvalue weighted by Crippen LogP contribution is -2.06. The van der Waals surface area contributed by atoms with Gasteiger partial charge >= 0.3 is 0 Å². The molecule has 0 spiro atoms. The third kappa shape index (κ3) is 4.19. The van der Waals surface area contributed by atoms with Crippen LogP contribution in [0.25, 0.3) is 83.2 Å². The summed E-state index contributed by atoms with van der Waals surface area (Å²) in [6.45, 7) is 0. The van der Waals surface area contributed by atoms with E-state index in [1.165, 1.54) is 32.5 Å². The molecule has 0 bridgehead atoms. The highest BCUT2D eigenvalue weighted by Gasteiger charge is 2.19. The Morgan fingerprint density at radius 3 is 1.71 bits per heavy atom. The van der Waals surface area contributed by atoms with Gasteiger partial charge in [-0.15, -0.1) is 0 Å². The Morgan fingerprint density at radius 1 is 0.356 bits per heavy atom. The van der Waals surface area contributed by atoms with Gasteiger partial charge < -0.3 is 0 Å². The highest BCUT2D eigenvalue weighted by Crippen LogP contribution is 2.37. The number of benzene rings is 7. The van der Waals surface area contributed by atoms with Gasteiger partial charge in [-0.05, 0) is 33.4 Å². The second-order valence-electron chi connectivity index (χ2n) is 11.3. The van der Waals surface area contributed by atoms with Crippen molar-refractivity contribution in [1.29, 1.82) is 0 Å². The van der Waals surface area contributed by atoms with Gasteiger partial charge in [0.2, 0.25) is 5.95 Å². The normalized spacial score (nSPS) is 11.6. The molecule has 2 heterocycles. The molecule has 0 saturated carbocycles. The monoisotopic (exact) mass is 574 g/mol. The van der Waals surface area contributed by atoms with Gasteiger partial charge in [-0.25, -0.2) is 4.98 Å². The van der Waals surface area contributed by atoms with Crippen molar-refractivity contribution < 1.29 is 0 Å². The molecule has 45 heavy (non-hydrogen) atoms. The molecule has 7 aromatic carbocycles. The number of fused-ring (bicyclic) bond motifs is 6. The summed E-state index contributed by atoms with van der Waals surface area (Å²) in [6.07, 6.45) is 0. The first-order valence-corrected chi connectivity index (χ1v) is 15.1. The van der Waals surface area contributed by atoms with Crippen LogP contribution < -0.4 is 0 Å². The van der Waals surface area contributed by atoms with Crippen LogP contribution in [-0.2, 0) is 0 Å². The van der Waals surface area contributed by atoms with Crippen LogP contribution in [0.15, 0.2) is 158 Å². The summed E-state index contributed by atoms with van der Waals surface area (Å²) in [7, 11) is 0. The van der Waals surface area contributed by atoms with E-state index in [0.717, 1.165) is 33.1 Å². The van der Waals surface area contributed by atoms with Gasteiger partial charge in [0, 0.05) is 27.3 Å². The average Bonchev–Trinajstić information content (AvgIpc) is 3.47. The van der Waals surface area contributed by atoms with E-state index in [1.807, 2.05) is 30.3 Å². The predicted octanol–water partition coefficient (Wildman–Crippen LogP) is 10.3. The molecule has 210 valence electrons. The van der Waals surface area contributed by atoms with E-state index in [0.29, 0.717) is 17.6 Å². The molecule has 0 saturated heterocycles. The minimum atomic E-state index is 0.597. The maximum absolute atomic E-state index is 5.17. The van der Waals surface area contributed by atoms with Gasteiger partial charge in [0.15, 0.2) is 11.6 Å². The van der Waals surface area contributed by atoms with Crippen LogP contribution in [0.1, 0.15) is 0 Å². The molecule has 0 amide bonds. The molecule has 9 rings (SSSR count). The van der Waals surface area contributed by atoms with E-state index in [4.69, 9.17) is 15.0 Å². The van der Waals surface area contributed by atoms with Crippen molar-refractivity contribution in [3.63, 3.8) is 0 Å². The Hall–Kier alpha value is -6.13. The lowest BCUT2D eigenvalue weighted by molar-refractivity contribution is 0.955. The molecule has 0 unspecified atom stereocenters. The zero-order valence-corrected chi connectivity index (χ0v) is 24.3. The SMILES string of the molecule is c1ccc(-c2nc(-c3ccc(-c4cccc5ccccc45)cc3)nc(-n3c4ccccc4c4ccc5ccccc5c43)n2)cc1. The molecular formula is C41H26N4. The maximum atomic E-state index is 5.17. The summed E-state index contributed by atoms with van der Waals surface area (Å²) in [5.41, 5.74) is 6.40. The molecule has 4 heteroatoms. The van der Waals surface area contributed by atoms with Crippen LogP contribution in [0.4, 0.5) is 0 Å². The van der Waals surface area contributed by atoms with Crippen LogP contribution in [0.5, 0.6) is 0 Å². The van der Waals surface area contributed by atoms with Crippen LogP contribution in [0.2, 0.25) is 0 Å². The predicted molar refractivity (Wildman–Crippen MR) is 185 cm³/mol. The van der Waals surface area contributed by atoms with Gasteiger partial charge in [0.25, 0.3) is 0 Å². The molecule has 0 N–H and O–H groups in total. The van der Waals surface area contributed by atoms with Crippen molar-refractivity contribution in [3.05, 3.63) is 158 Å². The van der Waals surface area contributed by atoms with Crippen molar-refractivity contribution in [2.24, 2.45) is 0 Å². The van der Waals surface area contributed by atoms with Crippen LogP contribution in [0.3, 0.4) is 0 Å². The maximum Gasteiger partial charge on any atom is 0.238 e. The van der Waals surface area contributed by atoms with Gasteiger partial charge in [-0.1, -0.05) is 152 Å². The summed E-state index contributed by atoms with van der Waals surface area (Å²) in [4.78, 5) is 15.3. The number of rotatable bonds is 4. The summed E-state index contributed by atoms with van der Waals surface area (Å²) >= 11 is 0. The Kier molecular flexibility index (Phi) is 5.78. The molecule has 9 aromatic rings. The second kappa shape index (κ2) is 10.2. The highest BCUT2D eigenvalue weighted by atomic mass is 15.2. The summed E-state index contributed by atoms with van der Waals surface area (Å²) in [5, 5.41) is 7.14. The lowest BCUT2D eigenvalue weighted by Gasteiger charge is -2.12. The molecule has 0 aliphatic heterocycles. The van der Waals surface area contributed by atoms with E-state index in [1.54, 1.807) is 0 Å². The number of hydrogen-bond donors (Lipinski definition) is 0. The Labute approximate surface area is 259 Å². The molecule has 0 atom stereocenters. The standard InChI is InChI=1S/C41H26N4/c1-2-13-30(14-3-1)39-42-40(31-23-21-29(22-24-31)33-19-10-15-27-11-4-6-16-32(27)33)44-41(43-39)45-37-20-9-8-18-35(37)36-26-25-28-12-5-7-17-34(28)38(36)45/h1-26H. The van der Waals surface area contributed by atoms with Crippen molar-refractivity contribution >= 4 is 43.4 Å². The van der Waals surface area contributed by atoms with Crippen molar-refractivity contribution in [2.45, 2.75) is 0 Å². The van der Waals surface area contributed by atoms with Crippen molar-refractivity contribution in [3.8, 4) is 39.9 Å². The molecule has 0 radical (unpaired) electrons. The fourth-order valence-corrected chi connectivity index (χ4v) is 6.52. The topological polar surface area (TPSA) is 43.6 Å². The van der Waals surface area contributed by atoms with Crippen molar-refractivity contribution in [2.75, 3.05) is 0 Å². The second-order valence-corrected chi connectivity index (χ2v) is 11.3. The highest BCUT2D eigenvalue weighted by molar-refractivity contribution is 6.18. The number of nitrogens with zero attached hydrogens (tertiary/aromatic N) is 4. The minimum Gasteiger partial charge on any atom is -0.277 e. The fraction of sp³-hybridized carbons (Fsp3) is 0. The van der Waals surface area contributed by atoms with Crippen molar-refractivity contribution in [1.82, 2.24) is 19.5 Å². The first-order chi connectivity index (χ1) is 22.3. The van der Waals surface area contributed by atoms with Gasteiger partial charge in [-0.2, -0.15) is 9.97 Å². The van der Waals surface area contributed by atoms with E-state index in [2.05, 4.69) is 132 Å². The third-order valence-electron chi connectivity index (χ3n) is 8.66. The number of hydrogen-bond acceptors (Lipinski definition) is 3. The smallest absolute Gasteiger partial charge is 0.238 e. The van der Waals surface area contributed by atoms with E-state index in [-0.39, 0.29) is 0 Å². The van der Waals surface area contributed by atoms with E-state index in [9.17, 15) is 0 Å². The quantitative estimate of drug-likeness (QED) is 0.210. The largest absolute Gasteiger partial charge is 0.277 e. The lowest BCUT2D eigenvalue weighted by atomic mass is 9.97. The van der Waals surface area contributed by atoms with Crippen LogP contribution in [-0.4, -0.2) is 19.5 Å². The fourth-order valence-electron chi connectivity index (χ4n) is 6.52. The van der Waals surface area contributed by atoms with Gasteiger partial charge in [0.05, 0.1) is 11.0 Å². The molecule has 2 aromatic heterocycles. The molecule has 0 aliphatic rings. The molecule has 0 fully saturated rings. The zero-order valence-electron chi connectivity index (χ0n) is 24.3. The average molecular weight is 575 g/mol. The first-order valence-electron chi connectivity index (χ1n) is 15.1. The molecule has 4 nitrogen and oxygen atoms in total. The van der Waals surface area contributed by atoms with Gasteiger partial charge in [0.1, 0.15) is 0 Å². The summed E-state index contributed by atoms with van der Waals surface area (Å²) < 4.78 is 2.20. The first kappa shape index (κ1) is 25.4. The minimum absolute atomic E-state index is 0.597. The van der Waals surface area contributed by atoms with E-state index >= 15 is 0 Å². The summed E-state index contributed by atoms with van der Waals surface area (Å²) in [6, 6.07) is 55.1. The van der Waals surface area contributed by atoms with Crippen LogP contribution >= 0.6 is 0 Å². The molecular weight excluding hydrogens is 548 g/mol. The Morgan fingerprint density at radius 2 is 0.933 bits per heavy atom. The third-order valence-corrected chi connectivity index (χ3v) is 8.66. The Balaban J connectivity index is 1.28. The zero-order chi connectivity index (χ0) is 29.7. The Bertz CT molecular complexity index is 2520. The van der Waals surface area contributed by atoms with Crippen LogP contribution in [0, 0.1) is 0 Å².